The maximum Gasteiger partial charge on any atom is 0.308 e. The van der Waals surface area contributed by atoms with Crippen LogP contribution >= 0.6 is 22.9 Å². The molecule has 3 rings (SSSR count). The molecule has 2 aromatic rings. The van der Waals surface area contributed by atoms with Crippen LogP contribution in [0.3, 0.4) is 0 Å². The molecule has 0 unspecified atom stereocenters. The summed E-state index contributed by atoms with van der Waals surface area (Å²) in [4.78, 5) is 27.0. The van der Waals surface area contributed by atoms with Gasteiger partial charge in [-0.05, 0) is 69.2 Å². The summed E-state index contributed by atoms with van der Waals surface area (Å²) in [5.41, 5.74) is 3.02. The molecule has 28 heavy (non-hydrogen) atoms. The van der Waals surface area contributed by atoms with Crippen LogP contribution < -0.4 is 5.32 Å². The highest BCUT2D eigenvalue weighted by atomic mass is 35.5. The Morgan fingerprint density at radius 3 is 2.36 bits per heavy atom. The van der Waals surface area contributed by atoms with Crippen LogP contribution in [0.2, 0.25) is 5.02 Å². The van der Waals surface area contributed by atoms with Gasteiger partial charge in [0.05, 0.1) is 18.6 Å². The Bertz CT molecular complexity index is 851. The van der Waals surface area contributed by atoms with Gasteiger partial charge < -0.3 is 10.1 Å². The average Bonchev–Trinajstić information content (AvgIpc) is 2.96. The van der Waals surface area contributed by atoms with Gasteiger partial charge in [-0.1, -0.05) is 23.7 Å². The van der Waals surface area contributed by atoms with Crippen LogP contribution in [-0.2, 0) is 16.0 Å². The van der Waals surface area contributed by atoms with E-state index < -0.39 is 0 Å². The Hall–Kier alpha value is -1.85. The topological polar surface area (TPSA) is 55.4 Å². The van der Waals surface area contributed by atoms with Crippen molar-refractivity contribution in [1.82, 2.24) is 5.32 Å². The number of nitrogens with one attached hydrogen (secondary N) is 1. The standard InChI is InChI=1S/C22H26ClNO3S/c1-13-19(12-15-4-8-17(23)9-5-15)20(14(2)28-13)21(25)24-18-10-6-16(7-11-18)22(26)27-3/h4-5,8-9,16,18H,6-7,10-12H2,1-3H3,(H,24,25). The molecule has 1 N–H and O–H groups in total. The number of carbonyl (C=O) groups is 2. The number of hydrogen-bond donors (Lipinski definition) is 1. The van der Waals surface area contributed by atoms with E-state index in [1.54, 1.807) is 11.3 Å². The number of aryl methyl sites for hydroxylation is 2. The third-order valence-electron chi connectivity index (χ3n) is 5.50. The largest absolute Gasteiger partial charge is 0.469 e. The van der Waals surface area contributed by atoms with Gasteiger partial charge >= 0.3 is 5.97 Å². The first-order valence-corrected chi connectivity index (χ1v) is 10.8. The van der Waals surface area contributed by atoms with Crippen molar-refractivity contribution in [2.24, 2.45) is 5.92 Å². The smallest absolute Gasteiger partial charge is 0.308 e. The fourth-order valence-corrected chi connectivity index (χ4v) is 5.15. The molecule has 0 atom stereocenters. The summed E-state index contributed by atoms with van der Waals surface area (Å²) >= 11 is 7.66. The second-order valence-electron chi connectivity index (χ2n) is 7.42. The van der Waals surface area contributed by atoms with E-state index in [1.165, 1.54) is 12.0 Å². The maximum atomic E-state index is 13.1. The molecule has 1 aliphatic rings. The molecule has 0 radical (unpaired) electrons. The predicted octanol–water partition coefficient (Wildman–Crippen LogP) is 5.07. The first-order valence-electron chi connectivity index (χ1n) is 9.61. The lowest BCUT2D eigenvalue weighted by molar-refractivity contribution is -0.146. The molecule has 1 saturated carbocycles. The lowest BCUT2D eigenvalue weighted by atomic mass is 9.86. The van der Waals surface area contributed by atoms with Gasteiger partial charge in [-0.25, -0.2) is 0 Å². The first-order chi connectivity index (χ1) is 13.4. The van der Waals surface area contributed by atoms with Crippen molar-refractivity contribution in [3.63, 3.8) is 0 Å². The minimum Gasteiger partial charge on any atom is -0.469 e. The van der Waals surface area contributed by atoms with Crippen LogP contribution in [0.25, 0.3) is 0 Å². The van der Waals surface area contributed by atoms with Crippen molar-refractivity contribution >= 4 is 34.8 Å². The summed E-state index contributed by atoms with van der Waals surface area (Å²) in [6, 6.07) is 7.88. The molecule has 1 aromatic heterocycles. The Morgan fingerprint density at radius 1 is 1.11 bits per heavy atom. The molecule has 0 saturated heterocycles. The molecule has 0 bridgehead atoms. The van der Waals surface area contributed by atoms with Gasteiger partial charge in [-0.15, -0.1) is 11.3 Å². The highest BCUT2D eigenvalue weighted by Gasteiger charge is 2.29. The maximum absolute atomic E-state index is 13.1. The number of thiophene rings is 1. The molecule has 6 heteroatoms. The average molecular weight is 420 g/mol. The van der Waals surface area contributed by atoms with Gasteiger partial charge in [0.2, 0.25) is 0 Å². The number of amides is 1. The zero-order valence-corrected chi connectivity index (χ0v) is 18.1. The van der Waals surface area contributed by atoms with Crippen LogP contribution in [0.4, 0.5) is 0 Å². The summed E-state index contributed by atoms with van der Waals surface area (Å²) in [6.07, 6.45) is 3.85. The third-order valence-corrected chi connectivity index (χ3v) is 6.82. The van der Waals surface area contributed by atoms with Crippen LogP contribution in [-0.4, -0.2) is 25.0 Å². The van der Waals surface area contributed by atoms with Gasteiger partial charge in [0.15, 0.2) is 0 Å². The molecule has 150 valence electrons. The highest BCUT2D eigenvalue weighted by Crippen LogP contribution is 2.31. The minimum atomic E-state index is -0.140. The number of rotatable bonds is 5. The fraction of sp³-hybridized carbons (Fsp3) is 0.455. The summed E-state index contributed by atoms with van der Waals surface area (Å²) in [5, 5.41) is 3.91. The highest BCUT2D eigenvalue weighted by molar-refractivity contribution is 7.12. The molecular formula is C22H26ClNO3S. The lowest BCUT2D eigenvalue weighted by Crippen LogP contribution is -2.39. The van der Waals surface area contributed by atoms with Gasteiger partial charge in [0, 0.05) is 20.8 Å². The predicted molar refractivity (Wildman–Crippen MR) is 113 cm³/mol. The van der Waals surface area contributed by atoms with E-state index in [9.17, 15) is 9.59 Å². The van der Waals surface area contributed by atoms with Crippen molar-refractivity contribution in [3.05, 3.63) is 55.7 Å². The SMILES string of the molecule is COC(=O)C1CCC(NC(=O)c2c(C)sc(C)c2Cc2ccc(Cl)cc2)CC1. The molecule has 0 spiro atoms. The van der Waals surface area contributed by atoms with Crippen LogP contribution in [0.15, 0.2) is 24.3 Å². The number of esters is 1. The van der Waals surface area contributed by atoms with Crippen LogP contribution in [0.5, 0.6) is 0 Å². The number of benzene rings is 1. The number of hydrogen-bond acceptors (Lipinski definition) is 4. The summed E-state index contributed by atoms with van der Waals surface area (Å²) in [7, 11) is 1.43. The summed E-state index contributed by atoms with van der Waals surface area (Å²) in [5.74, 6) is -0.185. The van der Waals surface area contributed by atoms with Gasteiger partial charge in [-0.3, -0.25) is 9.59 Å². The van der Waals surface area contributed by atoms with Crippen LogP contribution in [0.1, 0.15) is 56.9 Å². The molecule has 4 nitrogen and oxygen atoms in total. The molecule has 1 amide bonds. The monoisotopic (exact) mass is 419 g/mol. The van der Waals surface area contributed by atoms with Crippen molar-refractivity contribution in [2.45, 2.75) is 52.0 Å². The van der Waals surface area contributed by atoms with Crippen LogP contribution in [0, 0.1) is 19.8 Å². The molecule has 1 heterocycles. The normalized spacial score (nSPS) is 19.3. The molecular weight excluding hydrogens is 394 g/mol. The van der Waals surface area contributed by atoms with Crippen molar-refractivity contribution in [2.75, 3.05) is 7.11 Å². The summed E-state index contributed by atoms with van der Waals surface area (Å²) < 4.78 is 4.84. The van der Waals surface area contributed by atoms with Crippen molar-refractivity contribution < 1.29 is 14.3 Å². The van der Waals surface area contributed by atoms with E-state index in [2.05, 4.69) is 12.2 Å². The number of halogens is 1. The second kappa shape index (κ2) is 9.10. The molecule has 1 aliphatic carbocycles. The number of carbonyl (C=O) groups excluding carboxylic acids is 2. The lowest BCUT2D eigenvalue weighted by Gasteiger charge is -2.27. The Labute approximate surface area is 175 Å². The van der Waals surface area contributed by atoms with E-state index in [0.29, 0.717) is 11.4 Å². The van der Waals surface area contributed by atoms with E-state index in [1.807, 2.05) is 31.2 Å². The van der Waals surface area contributed by atoms with E-state index >= 15 is 0 Å². The van der Waals surface area contributed by atoms with Gasteiger partial charge in [0.1, 0.15) is 0 Å². The Morgan fingerprint density at radius 2 is 1.75 bits per heavy atom. The quantitative estimate of drug-likeness (QED) is 0.688. The van der Waals surface area contributed by atoms with Gasteiger partial charge in [-0.2, -0.15) is 0 Å². The van der Waals surface area contributed by atoms with Gasteiger partial charge in [0.25, 0.3) is 5.91 Å². The fourth-order valence-electron chi connectivity index (χ4n) is 3.94. The summed E-state index contributed by atoms with van der Waals surface area (Å²) in [6.45, 7) is 4.08. The Kier molecular flexibility index (Phi) is 6.78. The zero-order valence-electron chi connectivity index (χ0n) is 16.5. The molecule has 1 fully saturated rings. The first kappa shape index (κ1) is 20.9. The third kappa shape index (κ3) is 4.76. The van der Waals surface area contributed by atoms with E-state index in [-0.39, 0.29) is 23.8 Å². The number of methoxy groups -OCH3 is 1. The second-order valence-corrected chi connectivity index (χ2v) is 9.28. The van der Waals surface area contributed by atoms with E-state index in [4.69, 9.17) is 16.3 Å². The van der Waals surface area contributed by atoms with E-state index in [0.717, 1.165) is 47.3 Å². The molecule has 0 aliphatic heterocycles. The minimum absolute atomic E-state index is 0.00710. The van der Waals surface area contributed by atoms with Crippen molar-refractivity contribution in [1.29, 1.82) is 0 Å². The van der Waals surface area contributed by atoms with Crippen molar-refractivity contribution in [3.8, 4) is 0 Å². The zero-order chi connectivity index (χ0) is 20.3. The molecule has 1 aromatic carbocycles. The number of ether oxygens (including phenoxy) is 1. The Balaban J connectivity index is 1.70.